The number of amides is 1. The zero-order valence-corrected chi connectivity index (χ0v) is 20.4. The Labute approximate surface area is 211 Å². The van der Waals surface area contributed by atoms with Crippen molar-refractivity contribution >= 4 is 28.2 Å². The van der Waals surface area contributed by atoms with Crippen molar-refractivity contribution in [2.45, 2.75) is 25.3 Å². The van der Waals surface area contributed by atoms with Crippen LogP contribution >= 0.6 is 0 Å². The molecule has 0 saturated carbocycles. The molecule has 1 fully saturated rings. The number of nitrogens with one attached hydrogen (secondary N) is 1. The van der Waals surface area contributed by atoms with Gasteiger partial charge in [-0.3, -0.25) is 9.69 Å². The van der Waals surface area contributed by atoms with Crippen molar-refractivity contribution < 1.29 is 9.18 Å². The number of para-hydroxylation sites is 1. The van der Waals surface area contributed by atoms with Gasteiger partial charge in [-0.1, -0.05) is 42.5 Å². The average molecular weight is 483 g/mol. The van der Waals surface area contributed by atoms with Gasteiger partial charge in [0.2, 0.25) is 5.91 Å². The molecule has 1 N–H and O–H groups in total. The molecule has 6 rings (SSSR count). The maximum absolute atomic E-state index is 14.4. The van der Waals surface area contributed by atoms with Gasteiger partial charge in [0.05, 0.1) is 6.42 Å². The van der Waals surface area contributed by atoms with Gasteiger partial charge in [-0.2, -0.15) is 0 Å². The predicted molar refractivity (Wildman–Crippen MR) is 143 cm³/mol. The van der Waals surface area contributed by atoms with Gasteiger partial charge in [0.25, 0.3) is 0 Å². The van der Waals surface area contributed by atoms with E-state index in [1.54, 1.807) is 18.2 Å². The van der Waals surface area contributed by atoms with E-state index in [0.717, 1.165) is 51.3 Å². The number of piperazine rings is 1. The number of hydrogen-bond donors (Lipinski definition) is 1. The second kappa shape index (κ2) is 9.78. The summed E-state index contributed by atoms with van der Waals surface area (Å²) in [4.78, 5) is 23.8. The molecule has 1 atom stereocenters. The largest absolute Gasteiger partial charge is 0.368 e. The molecule has 4 aromatic rings. The van der Waals surface area contributed by atoms with Crippen molar-refractivity contribution in [3.05, 3.63) is 95.9 Å². The first-order valence-electron chi connectivity index (χ1n) is 12.8. The van der Waals surface area contributed by atoms with Crippen molar-refractivity contribution in [1.82, 2.24) is 9.88 Å². The van der Waals surface area contributed by atoms with Crippen LogP contribution in [0.4, 0.5) is 15.8 Å². The van der Waals surface area contributed by atoms with Gasteiger partial charge in [-0.15, -0.1) is 0 Å². The molecule has 3 heterocycles. The molecule has 36 heavy (non-hydrogen) atoms. The maximum atomic E-state index is 14.4. The topological polar surface area (TPSA) is 42.6 Å². The molecule has 0 bridgehead atoms. The van der Waals surface area contributed by atoms with Gasteiger partial charge < -0.3 is 14.8 Å². The number of hydrogen-bond acceptors (Lipinski definition) is 3. The number of halogens is 1. The highest BCUT2D eigenvalue weighted by atomic mass is 19.1. The van der Waals surface area contributed by atoms with Crippen molar-refractivity contribution in [3.63, 3.8) is 0 Å². The fourth-order valence-electron chi connectivity index (χ4n) is 5.82. The summed E-state index contributed by atoms with van der Waals surface area (Å²) in [5, 5.41) is 1.26. The summed E-state index contributed by atoms with van der Waals surface area (Å²) in [7, 11) is 0. The summed E-state index contributed by atoms with van der Waals surface area (Å²) in [5.41, 5.74) is 5.08. The third kappa shape index (κ3) is 4.37. The first kappa shape index (κ1) is 22.8. The summed E-state index contributed by atoms with van der Waals surface area (Å²) in [6.07, 6.45) is 3.95. The molecule has 5 nitrogen and oxygen atoms in total. The SMILES string of the molecule is O=C(Cc1ccccc1F)N1c2ccccc2CCC1CN1CCN(c2cccc3[nH]ccc23)CC1. The number of aromatic nitrogens is 1. The fraction of sp³-hybridized carbons (Fsp3) is 0.300. The molecule has 0 spiro atoms. The number of fused-ring (bicyclic) bond motifs is 2. The molecular formula is C30H31FN4O. The minimum absolute atomic E-state index is 0.0324. The van der Waals surface area contributed by atoms with Gasteiger partial charge in [-0.05, 0) is 54.3 Å². The minimum Gasteiger partial charge on any atom is -0.368 e. The lowest BCUT2D eigenvalue weighted by Gasteiger charge is -2.42. The minimum atomic E-state index is -0.318. The summed E-state index contributed by atoms with van der Waals surface area (Å²) < 4.78 is 14.4. The Kier molecular flexibility index (Phi) is 6.20. The molecule has 3 aromatic carbocycles. The fourth-order valence-corrected chi connectivity index (χ4v) is 5.82. The number of rotatable bonds is 5. The third-order valence-electron chi connectivity index (χ3n) is 7.69. The Balaban J connectivity index is 1.18. The number of carbonyl (C=O) groups excluding carboxylic acids is 1. The van der Waals surface area contributed by atoms with E-state index in [1.165, 1.54) is 28.2 Å². The molecule has 2 aliphatic heterocycles. The van der Waals surface area contributed by atoms with Crippen molar-refractivity contribution in [2.24, 2.45) is 0 Å². The highest BCUT2D eigenvalue weighted by Crippen LogP contribution is 2.32. The van der Waals surface area contributed by atoms with Gasteiger partial charge >= 0.3 is 0 Å². The highest BCUT2D eigenvalue weighted by Gasteiger charge is 2.33. The molecule has 1 unspecified atom stereocenters. The predicted octanol–water partition coefficient (Wildman–Crippen LogP) is 5.02. The lowest BCUT2D eigenvalue weighted by molar-refractivity contribution is -0.118. The van der Waals surface area contributed by atoms with Crippen LogP contribution in [0.25, 0.3) is 10.9 Å². The number of aryl methyl sites for hydroxylation is 1. The van der Waals surface area contributed by atoms with E-state index in [4.69, 9.17) is 0 Å². The van der Waals surface area contributed by atoms with Crippen molar-refractivity contribution in [3.8, 4) is 0 Å². The number of benzene rings is 3. The first-order chi connectivity index (χ1) is 17.7. The molecule has 1 aromatic heterocycles. The van der Waals surface area contributed by atoms with Gasteiger partial charge in [0, 0.05) is 67.2 Å². The molecule has 0 radical (unpaired) electrons. The van der Waals surface area contributed by atoms with Crippen LogP contribution in [0.1, 0.15) is 17.5 Å². The Bertz CT molecular complexity index is 1370. The van der Waals surface area contributed by atoms with E-state index in [1.807, 2.05) is 29.3 Å². The van der Waals surface area contributed by atoms with E-state index in [9.17, 15) is 9.18 Å². The quantitative estimate of drug-likeness (QED) is 0.434. The Morgan fingerprint density at radius 2 is 1.67 bits per heavy atom. The lowest BCUT2D eigenvalue weighted by Crippen LogP contribution is -2.54. The van der Waals surface area contributed by atoms with Crippen LogP contribution in [0.15, 0.2) is 79.0 Å². The number of aromatic amines is 1. The third-order valence-corrected chi connectivity index (χ3v) is 7.69. The van der Waals surface area contributed by atoms with Crippen LogP contribution in [-0.4, -0.2) is 54.6 Å². The number of anilines is 2. The van der Waals surface area contributed by atoms with Gasteiger partial charge in [0.1, 0.15) is 5.82 Å². The zero-order valence-electron chi connectivity index (χ0n) is 20.4. The molecule has 6 heteroatoms. The Morgan fingerprint density at radius 1 is 0.889 bits per heavy atom. The van der Waals surface area contributed by atoms with Crippen LogP contribution < -0.4 is 9.80 Å². The molecule has 184 valence electrons. The summed E-state index contributed by atoms with van der Waals surface area (Å²) in [6.45, 7) is 4.65. The average Bonchev–Trinajstić information content (AvgIpc) is 3.39. The standard InChI is InChI=1S/C30H31FN4O/c31-26-8-3-1-7-23(26)20-30(36)35-24(13-12-22-6-2-4-10-28(22)35)21-33-16-18-34(19-17-33)29-11-5-9-27-25(29)14-15-32-27/h1-11,14-15,24,32H,12-13,16-21H2. The van der Waals surface area contributed by atoms with E-state index in [0.29, 0.717) is 5.56 Å². The lowest BCUT2D eigenvalue weighted by atomic mass is 9.94. The van der Waals surface area contributed by atoms with Gasteiger partial charge in [0.15, 0.2) is 0 Å². The van der Waals surface area contributed by atoms with E-state index in [-0.39, 0.29) is 24.2 Å². The summed E-state index contributed by atoms with van der Waals surface area (Å²) in [5.74, 6) is -0.351. The smallest absolute Gasteiger partial charge is 0.231 e. The first-order valence-corrected chi connectivity index (χ1v) is 12.8. The second-order valence-electron chi connectivity index (χ2n) is 9.86. The van der Waals surface area contributed by atoms with Gasteiger partial charge in [-0.25, -0.2) is 4.39 Å². The normalized spacial score (nSPS) is 18.4. The van der Waals surface area contributed by atoms with E-state index >= 15 is 0 Å². The van der Waals surface area contributed by atoms with Crippen LogP contribution in [-0.2, 0) is 17.6 Å². The molecule has 1 amide bonds. The van der Waals surface area contributed by atoms with Crippen LogP contribution in [0.5, 0.6) is 0 Å². The van der Waals surface area contributed by atoms with Crippen LogP contribution in [0.3, 0.4) is 0 Å². The molecule has 2 aliphatic rings. The number of H-pyrrole nitrogens is 1. The second-order valence-corrected chi connectivity index (χ2v) is 9.86. The molecule has 1 saturated heterocycles. The molecular weight excluding hydrogens is 451 g/mol. The van der Waals surface area contributed by atoms with Crippen molar-refractivity contribution in [2.75, 3.05) is 42.5 Å². The number of nitrogens with zero attached hydrogens (tertiary/aromatic N) is 3. The molecule has 0 aliphatic carbocycles. The highest BCUT2D eigenvalue weighted by molar-refractivity contribution is 5.96. The number of carbonyl (C=O) groups is 1. The van der Waals surface area contributed by atoms with E-state index in [2.05, 4.69) is 45.1 Å². The van der Waals surface area contributed by atoms with Crippen LogP contribution in [0, 0.1) is 5.82 Å². The Morgan fingerprint density at radius 3 is 2.53 bits per heavy atom. The monoisotopic (exact) mass is 482 g/mol. The van der Waals surface area contributed by atoms with Crippen molar-refractivity contribution in [1.29, 1.82) is 0 Å². The van der Waals surface area contributed by atoms with E-state index < -0.39 is 0 Å². The Hall–Kier alpha value is -3.64. The zero-order chi connectivity index (χ0) is 24.5. The summed E-state index contributed by atoms with van der Waals surface area (Å²) in [6, 6.07) is 23.4. The van der Waals surface area contributed by atoms with Crippen LogP contribution in [0.2, 0.25) is 0 Å². The summed E-state index contributed by atoms with van der Waals surface area (Å²) >= 11 is 0. The maximum Gasteiger partial charge on any atom is 0.231 e.